The van der Waals surface area contributed by atoms with Crippen LogP contribution in [0.3, 0.4) is 0 Å². The first kappa shape index (κ1) is 21.3. The second-order valence-electron chi connectivity index (χ2n) is 8.59. The summed E-state index contributed by atoms with van der Waals surface area (Å²) in [5.74, 6) is -0.0516. The number of benzene rings is 1. The maximum absolute atomic E-state index is 13.4. The average Bonchev–Trinajstić information content (AvgIpc) is 3.02. The molecule has 2 fully saturated rings. The molecule has 3 aliphatic rings. The van der Waals surface area contributed by atoms with Gasteiger partial charge >= 0.3 is 0 Å². The second kappa shape index (κ2) is 8.29. The molecule has 6 nitrogen and oxygen atoms in total. The van der Waals surface area contributed by atoms with Gasteiger partial charge in [-0.2, -0.15) is 4.31 Å². The highest BCUT2D eigenvalue weighted by Gasteiger charge is 2.36. The van der Waals surface area contributed by atoms with Crippen molar-refractivity contribution in [3.05, 3.63) is 22.2 Å². The number of hydrogen-bond acceptors (Lipinski definition) is 4. The maximum atomic E-state index is 13.4. The predicted molar refractivity (Wildman–Crippen MR) is 118 cm³/mol. The zero-order chi connectivity index (χ0) is 20.8. The van der Waals surface area contributed by atoms with Crippen molar-refractivity contribution in [3.8, 4) is 0 Å². The van der Waals surface area contributed by atoms with E-state index in [-0.39, 0.29) is 16.8 Å². The Hall–Kier alpha value is -0.960. The van der Waals surface area contributed by atoms with Gasteiger partial charge in [-0.25, -0.2) is 8.42 Å². The Bertz CT molecular complexity index is 891. The lowest BCUT2D eigenvalue weighted by Gasteiger charge is -2.39. The monoisotopic (exact) mass is 483 g/mol. The second-order valence-corrected chi connectivity index (χ2v) is 11.3. The number of fused-ring (bicyclic) bond motifs is 1. The number of carbonyl (C=O) groups excluding carboxylic acids is 1. The van der Waals surface area contributed by atoms with Gasteiger partial charge < -0.3 is 9.80 Å². The largest absolute Gasteiger partial charge is 0.309 e. The van der Waals surface area contributed by atoms with Crippen LogP contribution in [0.1, 0.15) is 51.5 Å². The van der Waals surface area contributed by atoms with Gasteiger partial charge in [-0.15, -0.1) is 0 Å². The molecule has 3 aliphatic heterocycles. The SMILES string of the molecule is CC(=O)N1c2cc(S(=O)(=O)N3CCC(N4CCCCC4)CC3)c(Br)cc2CC1C. The van der Waals surface area contributed by atoms with Crippen molar-refractivity contribution in [1.82, 2.24) is 9.21 Å². The molecule has 0 saturated carbocycles. The van der Waals surface area contributed by atoms with Gasteiger partial charge in [0.2, 0.25) is 15.9 Å². The summed E-state index contributed by atoms with van der Waals surface area (Å²) in [6, 6.07) is 4.12. The molecule has 1 amide bonds. The van der Waals surface area contributed by atoms with E-state index in [1.807, 2.05) is 13.0 Å². The van der Waals surface area contributed by atoms with Crippen molar-refractivity contribution in [3.63, 3.8) is 0 Å². The number of rotatable bonds is 3. The third-order valence-corrected chi connectivity index (χ3v) is 9.49. The van der Waals surface area contributed by atoms with Crippen molar-refractivity contribution in [2.45, 2.75) is 69.4 Å². The molecule has 1 aromatic rings. The first-order valence-corrected chi connectivity index (χ1v) is 12.9. The Morgan fingerprint density at radius 3 is 2.34 bits per heavy atom. The Morgan fingerprint density at radius 2 is 1.72 bits per heavy atom. The first-order chi connectivity index (χ1) is 13.8. The number of nitrogens with zero attached hydrogens (tertiary/aromatic N) is 3. The van der Waals surface area contributed by atoms with Crippen LogP contribution in [0.5, 0.6) is 0 Å². The molecule has 29 heavy (non-hydrogen) atoms. The van der Waals surface area contributed by atoms with E-state index in [1.165, 1.54) is 26.2 Å². The molecule has 4 rings (SSSR count). The molecular weight excluding hydrogens is 454 g/mol. The Labute approximate surface area is 182 Å². The maximum Gasteiger partial charge on any atom is 0.244 e. The van der Waals surface area contributed by atoms with Gasteiger partial charge in [0.15, 0.2) is 0 Å². The normalized spacial score (nSPS) is 24.7. The van der Waals surface area contributed by atoms with Crippen molar-refractivity contribution in [1.29, 1.82) is 0 Å². The number of anilines is 1. The fraction of sp³-hybridized carbons (Fsp3) is 0.667. The minimum atomic E-state index is -3.61. The zero-order valence-electron chi connectivity index (χ0n) is 17.2. The lowest BCUT2D eigenvalue weighted by atomic mass is 10.0. The summed E-state index contributed by atoms with van der Waals surface area (Å²) in [7, 11) is -3.61. The van der Waals surface area contributed by atoms with Crippen LogP contribution in [0, 0.1) is 0 Å². The molecule has 3 heterocycles. The summed E-state index contributed by atoms with van der Waals surface area (Å²) in [5, 5.41) is 0. The van der Waals surface area contributed by atoms with Crippen LogP contribution in [0.25, 0.3) is 0 Å². The van der Waals surface area contributed by atoms with Crippen molar-refractivity contribution >= 4 is 37.5 Å². The number of hydrogen-bond donors (Lipinski definition) is 0. The molecular formula is C21H30BrN3O3S. The summed E-state index contributed by atoms with van der Waals surface area (Å²) in [6.45, 7) is 6.93. The van der Waals surface area contributed by atoms with Crippen LogP contribution in [-0.2, 0) is 21.2 Å². The van der Waals surface area contributed by atoms with E-state index in [1.54, 1.807) is 15.3 Å². The van der Waals surface area contributed by atoms with Crippen LogP contribution in [0.15, 0.2) is 21.5 Å². The average molecular weight is 484 g/mol. The number of piperidine rings is 2. The van der Waals surface area contributed by atoms with Gasteiger partial charge in [-0.3, -0.25) is 4.79 Å². The fourth-order valence-corrected chi connectivity index (χ4v) is 7.71. The van der Waals surface area contributed by atoms with E-state index in [0.29, 0.717) is 23.6 Å². The summed E-state index contributed by atoms with van der Waals surface area (Å²) in [5.41, 5.74) is 1.75. The molecule has 2 saturated heterocycles. The number of halogens is 1. The van der Waals surface area contributed by atoms with E-state index in [2.05, 4.69) is 20.8 Å². The molecule has 0 aliphatic carbocycles. The van der Waals surface area contributed by atoms with Crippen LogP contribution in [0.2, 0.25) is 0 Å². The molecule has 0 N–H and O–H groups in total. The molecule has 0 bridgehead atoms. The highest BCUT2D eigenvalue weighted by atomic mass is 79.9. The van der Waals surface area contributed by atoms with E-state index >= 15 is 0 Å². The van der Waals surface area contributed by atoms with Crippen LogP contribution >= 0.6 is 15.9 Å². The lowest BCUT2D eigenvalue weighted by molar-refractivity contribution is -0.116. The molecule has 1 atom stereocenters. The fourth-order valence-electron chi connectivity index (χ4n) is 5.17. The number of sulfonamides is 1. The molecule has 160 valence electrons. The van der Waals surface area contributed by atoms with Gasteiger partial charge in [0.25, 0.3) is 0 Å². The third-order valence-electron chi connectivity index (χ3n) is 6.64. The highest BCUT2D eigenvalue weighted by molar-refractivity contribution is 9.10. The summed E-state index contributed by atoms with van der Waals surface area (Å²) < 4.78 is 29.1. The first-order valence-electron chi connectivity index (χ1n) is 10.7. The van der Waals surface area contributed by atoms with Gasteiger partial charge in [-0.1, -0.05) is 6.42 Å². The van der Waals surface area contributed by atoms with E-state index < -0.39 is 10.0 Å². The van der Waals surface area contributed by atoms with Crippen LogP contribution < -0.4 is 4.90 Å². The van der Waals surface area contributed by atoms with Gasteiger partial charge in [0.05, 0.1) is 4.90 Å². The molecule has 8 heteroatoms. The number of likely N-dealkylation sites (tertiary alicyclic amines) is 1. The van der Waals surface area contributed by atoms with E-state index in [4.69, 9.17) is 0 Å². The smallest absolute Gasteiger partial charge is 0.244 e. The summed E-state index contributed by atoms with van der Waals surface area (Å²) in [4.78, 5) is 16.6. The Morgan fingerprint density at radius 1 is 1.07 bits per heavy atom. The minimum Gasteiger partial charge on any atom is -0.309 e. The van der Waals surface area contributed by atoms with E-state index in [0.717, 1.165) is 43.6 Å². The topological polar surface area (TPSA) is 60.9 Å². The molecule has 0 spiro atoms. The van der Waals surface area contributed by atoms with Crippen molar-refractivity contribution in [2.75, 3.05) is 31.1 Å². The van der Waals surface area contributed by atoms with Gasteiger partial charge in [0, 0.05) is 42.3 Å². The molecule has 0 aromatic heterocycles. The molecule has 1 unspecified atom stereocenters. The quantitative estimate of drug-likeness (QED) is 0.660. The van der Waals surface area contributed by atoms with Crippen molar-refractivity contribution < 1.29 is 13.2 Å². The number of amides is 1. The predicted octanol–water partition coefficient (Wildman–Crippen LogP) is 3.39. The Balaban J connectivity index is 1.55. The summed E-state index contributed by atoms with van der Waals surface area (Å²) in [6.07, 6.45) is 6.34. The lowest BCUT2D eigenvalue weighted by Crippen LogP contribution is -2.48. The number of carbonyl (C=O) groups is 1. The zero-order valence-corrected chi connectivity index (χ0v) is 19.6. The minimum absolute atomic E-state index is 0.0487. The standard InChI is InChI=1S/C21H30BrN3O3S/c1-15-12-17-13-19(22)21(14-20(17)25(15)16(2)26)29(27,28)24-10-6-18(7-11-24)23-8-4-3-5-9-23/h13-15,18H,3-12H2,1-2H3. The van der Waals surface area contributed by atoms with Gasteiger partial charge in [0.1, 0.15) is 0 Å². The van der Waals surface area contributed by atoms with Crippen LogP contribution in [0.4, 0.5) is 5.69 Å². The van der Waals surface area contributed by atoms with Crippen LogP contribution in [-0.4, -0.2) is 61.8 Å². The highest BCUT2D eigenvalue weighted by Crippen LogP contribution is 2.39. The Kier molecular flexibility index (Phi) is 6.08. The summed E-state index contributed by atoms with van der Waals surface area (Å²) >= 11 is 3.49. The van der Waals surface area contributed by atoms with E-state index in [9.17, 15) is 13.2 Å². The van der Waals surface area contributed by atoms with Crippen molar-refractivity contribution in [2.24, 2.45) is 0 Å². The third kappa shape index (κ3) is 4.01. The van der Waals surface area contributed by atoms with Gasteiger partial charge in [-0.05, 0) is 85.7 Å². The molecule has 0 radical (unpaired) electrons. The molecule has 1 aromatic carbocycles.